The fourth-order valence-electron chi connectivity index (χ4n) is 2.07. The summed E-state index contributed by atoms with van der Waals surface area (Å²) < 4.78 is 0. The molecule has 0 bridgehead atoms. The Morgan fingerprint density at radius 2 is 1.79 bits per heavy atom. The number of hydrogen-bond acceptors (Lipinski definition) is 4. The molecule has 0 aliphatic rings. The molecule has 1 aromatic carbocycles. The Hall–Kier alpha value is -2.89. The summed E-state index contributed by atoms with van der Waals surface area (Å²) in [5.74, 6) is -0.592. The summed E-state index contributed by atoms with van der Waals surface area (Å²) in [4.78, 5) is 27.5. The van der Waals surface area contributed by atoms with Gasteiger partial charge in [0.2, 0.25) is 11.8 Å². The van der Waals surface area contributed by atoms with E-state index in [2.05, 4.69) is 20.9 Å². The lowest BCUT2D eigenvalue weighted by molar-refractivity contribution is -0.126. The van der Waals surface area contributed by atoms with E-state index in [1.165, 1.54) is 0 Å². The van der Waals surface area contributed by atoms with Crippen LogP contribution in [0.4, 0.5) is 11.4 Å². The molecule has 0 aliphatic carbocycles. The van der Waals surface area contributed by atoms with Crippen LogP contribution in [-0.4, -0.2) is 29.9 Å². The van der Waals surface area contributed by atoms with Crippen LogP contribution in [0.2, 0.25) is 0 Å². The number of nitrogens with one attached hydrogen (secondary N) is 3. The third-order valence-corrected chi connectivity index (χ3v) is 3.32. The fourth-order valence-corrected chi connectivity index (χ4v) is 2.07. The maximum Gasteiger partial charge on any atom is 0.233 e. The van der Waals surface area contributed by atoms with Crippen molar-refractivity contribution >= 4 is 23.2 Å². The van der Waals surface area contributed by atoms with Crippen molar-refractivity contribution in [3.05, 3.63) is 54.4 Å². The van der Waals surface area contributed by atoms with Gasteiger partial charge in [0, 0.05) is 31.2 Å². The lowest BCUT2D eigenvalue weighted by Gasteiger charge is -2.08. The maximum absolute atomic E-state index is 11.8. The second kappa shape index (κ2) is 9.29. The van der Waals surface area contributed by atoms with Crippen LogP contribution in [0.25, 0.3) is 0 Å². The van der Waals surface area contributed by atoms with Crippen LogP contribution in [0.1, 0.15) is 18.4 Å². The van der Waals surface area contributed by atoms with Crippen LogP contribution < -0.4 is 16.0 Å². The van der Waals surface area contributed by atoms with Crippen LogP contribution in [0.15, 0.2) is 48.8 Å². The minimum Gasteiger partial charge on any atom is -0.384 e. The summed E-state index contributed by atoms with van der Waals surface area (Å²) in [5, 5.41) is 8.65. The number of pyridine rings is 1. The Balaban J connectivity index is 1.59. The predicted octanol–water partition coefficient (Wildman–Crippen LogP) is 2.34. The molecule has 0 aliphatic heterocycles. The van der Waals surface area contributed by atoms with Crippen molar-refractivity contribution in [2.45, 2.75) is 19.8 Å². The molecule has 0 fully saturated rings. The van der Waals surface area contributed by atoms with Gasteiger partial charge in [-0.1, -0.05) is 17.7 Å². The summed E-state index contributed by atoms with van der Waals surface area (Å²) in [6.07, 6.45) is 4.05. The predicted molar refractivity (Wildman–Crippen MR) is 94.8 cm³/mol. The van der Waals surface area contributed by atoms with Crippen LogP contribution >= 0.6 is 0 Å². The number of rotatable bonds is 8. The normalized spacial score (nSPS) is 10.0. The molecule has 0 saturated heterocycles. The largest absolute Gasteiger partial charge is 0.384 e. The van der Waals surface area contributed by atoms with Gasteiger partial charge in [0.15, 0.2) is 0 Å². The molecule has 6 heteroatoms. The van der Waals surface area contributed by atoms with Crippen molar-refractivity contribution in [2.75, 3.05) is 23.7 Å². The minimum absolute atomic E-state index is 0.177. The zero-order chi connectivity index (χ0) is 17.2. The SMILES string of the molecule is Cc1ccc(NC(=O)CC(=O)NCCCNc2cccnc2)cc1. The molecule has 24 heavy (non-hydrogen) atoms. The highest BCUT2D eigenvalue weighted by molar-refractivity contribution is 6.03. The zero-order valence-electron chi connectivity index (χ0n) is 13.7. The van der Waals surface area contributed by atoms with E-state index < -0.39 is 0 Å². The van der Waals surface area contributed by atoms with E-state index in [0.29, 0.717) is 12.2 Å². The number of aryl methyl sites for hydroxylation is 1. The lowest BCUT2D eigenvalue weighted by atomic mass is 10.2. The smallest absolute Gasteiger partial charge is 0.233 e. The summed E-state index contributed by atoms with van der Waals surface area (Å²) in [5.41, 5.74) is 2.76. The van der Waals surface area contributed by atoms with Gasteiger partial charge in [0.1, 0.15) is 6.42 Å². The van der Waals surface area contributed by atoms with Gasteiger partial charge < -0.3 is 16.0 Å². The van der Waals surface area contributed by atoms with E-state index in [1.807, 2.05) is 43.3 Å². The Bertz CT molecular complexity index is 656. The topological polar surface area (TPSA) is 83.1 Å². The van der Waals surface area contributed by atoms with Gasteiger partial charge in [-0.25, -0.2) is 0 Å². The van der Waals surface area contributed by atoms with Gasteiger partial charge in [-0.2, -0.15) is 0 Å². The first-order valence-electron chi connectivity index (χ1n) is 7.90. The summed E-state index contributed by atoms with van der Waals surface area (Å²) >= 11 is 0. The Labute approximate surface area is 141 Å². The Morgan fingerprint density at radius 1 is 1.00 bits per heavy atom. The highest BCUT2D eigenvalue weighted by atomic mass is 16.2. The third kappa shape index (κ3) is 6.48. The van der Waals surface area contributed by atoms with Crippen molar-refractivity contribution in [2.24, 2.45) is 0 Å². The average Bonchev–Trinajstić information content (AvgIpc) is 2.57. The maximum atomic E-state index is 11.8. The van der Waals surface area contributed by atoms with Crippen molar-refractivity contribution in [1.29, 1.82) is 0 Å². The van der Waals surface area contributed by atoms with Gasteiger partial charge in [-0.05, 0) is 37.6 Å². The van der Waals surface area contributed by atoms with Gasteiger partial charge in [0.05, 0.1) is 5.69 Å². The van der Waals surface area contributed by atoms with E-state index in [0.717, 1.165) is 24.2 Å². The van der Waals surface area contributed by atoms with E-state index in [-0.39, 0.29) is 18.2 Å². The molecule has 1 heterocycles. The van der Waals surface area contributed by atoms with Crippen LogP contribution in [0.5, 0.6) is 0 Å². The number of benzene rings is 1. The fraction of sp³-hybridized carbons (Fsp3) is 0.278. The van der Waals surface area contributed by atoms with Gasteiger partial charge >= 0.3 is 0 Å². The molecule has 0 saturated carbocycles. The van der Waals surface area contributed by atoms with Crippen molar-refractivity contribution < 1.29 is 9.59 Å². The second-order valence-corrected chi connectivity index (χ2v) is 5.46. The molecule has 6 nitrogen and oxygen atoms in total. The summed E-state index contributed by atoms with van der Waals surface area (Å²) in [6.45, 7) is 3.22. The summed E-state index contributed by atoms with van der Waals surface area (Å²) in [6, 6.07) is 11.2. The van der Waals surface area contributed by atoms with Gasteiger partial charge in [-0.3, -0.25) is 14.6 Å². The Morgan fingerprint density at radius 3 is 2.50 bits per heavy atom. The number of anilines is 2. The number of aromatic nitrogens is 1. The third-order valence-electron chi connectivity index (χ3n) is 3.32. The standard InChI is InChI=1S/C18H22N4O2/c1-14-5-7-15(8-6-14)22-18(24)12-17(23)21-11-3-10-20-16-4-2-9-19-13-16/h2,4-9,13,20H,3,10-12H2,1H3,(H,21,23)(H,22,24). The lowest BCUT2D eigenvalue weighted by Crippen LogP contribution is -2.29. The van der Waals surface area contributed by atoms with Crippen LogP contribution in [0.3, 0.4) is 0 Å². The van der Waals surface area contributed by atoms with Crippen LogP contribution in [-0.2, 0) is 9.59 Å². The van der Waals surface area contributed by atoms with Gasteiger partial charge in [0.25, 0.3) is 0 Å². The van der Waals surface area contributed by atoms with Crippen molar-refractivity contribution in [3.63, 3.8) is 0 Å². The quantitative estimate of drug-likeness (QED) is 0.513. The molecule has 2 rings (SSSR count). The molecule has 126 valence electrons. The van der Waals surface area contributed by atoms with Crippen molar-refractivity contribution in [3.8, 4) is 0 Å². The molecule has 0 radical (unpaired) electrons. The highest BCUT2D eigenvalue weighted by Crippen LogP contribution is 2.08. The molecule has 2 aromatic rings. The molecule has 2 amide bonds. The zero-order valence-corrected chi connectivity index (χ0v) is 13.7. The van der Waals surface area contributed by atoms with Crippen molar-refractivity contribution in [1.82, 2.24) is 10.3 Å². The first-order valence-corrected chi connectivity index (χ1v) is 7.90. The number of hydrogen-bond donors (Lipinski definition) is 3. The van der Waals surface area contributed by atoms with Crippen LogP contribution in [0, 0.1) is 6.92 Å². The first-order chi connectivity index (χ1) is 11.6. The molecule has 1 aromatic heterocycles. The number of carbonyl (C=O) groups is 2. The molecular weight excluding hydrogens is 304 g/mol. The van der Waals surface area contributed by atoms with E-state index in [9.17, 15) is 9.59 Å². The number of carbonyl (C=O) groups excluding carboxylic acids is 2. The first kappa shape index (κ1) is 17.5. The Kier molecular flexibility index (Phi) is 6.76. The average molecular weight is 326 g/mol. The molecule has 0 atom stereocenters. The second-order valence-electron chi connectivity index (χ2n) is 5.46. The highest BCUT2D eigenvalue weighted by Gasteiger charge is 2.09. The number of nitrogens with zero attached hydrogens (tertiary/aromatic N) is 1. The molecular formula is C18H22N4O2. The molecule has 3 N–H and O–H groups in total. The van der Waals surface area contributed by atoms with E-state index in [4.69, 9.17) is 0 Å². The van der Waals surface area contributed by atoms with E-state index >= 15 is 0 Å². The summed E-state index contributed by atoms with van der Waals surface area (Å²) in [7, 11) is 0. The van der Waals surface area contributed by atoms with Gasteiger partial charge in [-0.15, -0.1) is 0 Å². The molecule has 0 unspecified atom stereocenters. The van der Waals surface area contributed by atoms with E-state index in [1.54, 1.807) is 12.4 Å². The minimum atomic E-state index is -0.315. The molecule has 0 spiro atoms. The monoisotopic (exact) mass is 326 g/mol. The number of amides is 2.